The minimum Gasteiger partial charge on any atom is -0.480 e. The second-order valence-electron chi connectivity index (χ2n) is 7.62. The fourth-order valence-corrected chi connectivity index (χ4v) is 2.81. The standard InChI is InChI=1S/C18H25N3O5/c1-10(2)13(20-17(25)26-18(3,4)5)15(22)21-12(16(23)24)9-11-7-6-8-19-14(11)21/h6-8,10,12-13H,9H2,1-5H3,(H,20,25)(H,23,24)/t12?,13-/m0/s1. The Bertz CT molecular complexity index is 711. The van der Waals surface area contributed by atoms with Crippen LogP contribution < -0.4 is 10.2 Å². The second kappa shape index (κ2) is 7.31. The van der Waals surface area contributed by atoms with Crippen LogP contribution in [-0.2, 0) is 20.7 Å². The van der Waals surface area contributed by atoms with Gasteiger partial charge in [0.25, 0.3) is 5.91 Å². The molecule has 1 aromatic heterocycles. The third-order valence-corrected chi connectivity index (χ3v) is 3.95. The number of anilines is 1. The first kappa shape index (κ1) is 19.7. The van der Waals surface area contributed by atoms with Crippen LogP contribution in [0.4, 0.5) is 10.6 Å². The lowest BCUT2D eigenvalue weighted by atomic mass is 10.0. The molecule has 2 N–H and O–H groups in total. The van der Waals surface area contributed by atoms with Crippen LogP contribution in [0.2, 0.25) is 0 Å². The third kappa shape index (κ3) is 4.30. The molecule has 0 saturated carbocycles. The molecule has 0 radical (unpaired) electrons. The quantitative estimate of drug-likeness (QED) is 0.846. The normalized spacial score (nSPS) is 17.6. The van der Waals surface area contributed by atoms with Crippen molar-refractivity contribution < 1.29 is 24.2 Å². The minimum absolute atomic E-state index is 0.182. The maximum absolute atomic E-state index is 13.1. The van der Waals surface area contributed by atoms with Crippen molar-refractivity contribution >= 4 is 23.8 Å². The Morgan fingerprint density at radius 1 is 1.35 bits per heavy atom. The topological polar surface area (TPSA) is 109 Å². The van der Waals surface area contributed by atoms with Gasteiger partial charge in [-0.15, -0.1) is 0 Å². The molecule has 0 saturated heterocycles. The predicted octanol–water partition coefficient (Wildman–Crippen LogP) is 1.97. The number of hydrogen-bond acceptors (Lipinski definition) is 5. The summed E-state index contributed by atoms with van der Waals surface area (Å²) >= 11 is 0. The summed E-state index contributed by atoms with van der Waals surface area (Å²) < 4.78 is 5.22. The highest BCUT2D eigenvalue weighted by Crippen LogP contribution is 2.31. The summed E-state index contributed by atoms with van der Waals surface area (Å²) in [5, 5.41) is 12.1. The Morgan fingerprint density at radius 2 is 2.00 bits per heavy atom. The largest absolute Gasteiger partial charge is 0.480 e. The summed E-state index contributed by atoms with van der Waals surface area (Å²) in [6.45, 7) is 8.70. The predicted molar refractivity (Wildman–Crippen MR) is 94.8 cm³/mol. The van der Waals surface area contributed by atoms with Crippen LogP contribution in [0.1, 0.15) is 40.2 Å². The molecule has 0 spiro atoms. The lowest BCUT2D eigenvalue weighted by molar-refractivity contribution is -0.140. The van der Waals surface area contributed by atoms with Crippen molar-refractivity contribution in [3.05, 3.63) is 23.9 Å². The number of aliphatic carboxylic acids is 1. The Morgan fingerprint density at radius 3 is 2.54 bits per heavy atom. The number of fused-ring (bicyclic) bond motifs is 1. The number of carbonyl (C=O) groups excluding carboxylic acids is 2. The van der Waals surface area contributed by atoms with Gasteiger partial charge in [0.2, 0.25) is 0 Å². The number of carbonyl (C=O) groups is 3. The Kier molecular flexibility index (Phi) is 5.53. The number of rotatable bonds is 4. The smallest absolute Gasteiger partial charge is 0.408 e. The highest BCUT2D eigenvalue weighted by Gasteiger charge is 2.43. The number of carboxylic acid groups (broad SMARTS) is 1. The lowest BCUT2D eigenvalue weighted by Crippen LogP contribution is -2.55. The van der Waals surface area contributed by atoms with Gasteiger partial charge in [-0.3, -0.25) is 9.69 Å². The van der Waals surface area contributed by atoms with Crippen LogP contribution in [0.3, 0.4) is 0 Å². The first-order valence-electron chi connectivity index (χ1n) is 8.50. The maximum Gasteiger partial charge on any atom is 0.408 e. The van der Waals surface area contributed by atoms with Gasteiger partial charge in [0.1, 0.15) is 23.5 Å². The maximum atomic E-state index is 13.1. The molecule has 2 amide bonds. The molecular formula is C18H25N3O5. The van der Waals surface area contributed by atoms with E-state index in [2.05, 4.69) is 10.3 Å². The SMILES string of the molecule is CC(C)[C@H](NC(=O)OC(C)(C)C)C(=O)N1c2ncccc2CC1C(=O)O. The van der Waals surface area contributed by atoms with Crippen LogP contribution in [0.15, 0.2) is 18.3 Å². The van der Waals surface area contributed by atoms with Gasteiger partial charge >= 0.3 is 12.1 Å². The minimum atomic E-state index is -1.11. The molecule has 2 heterocycles. The van der Waals surface area contributed by atoms with Gasteiger partial charge < -0.3 is 15.2 Å². The van der Waals surface area contributed by atoms with Gasteiger partial charge in [-0.25, -0.2) is 14.6 Å². The molecule has 8 nitrogen and oxygen atoms in total. The first-order chi connectivity index (χ1) is 12.0. The van der Waals surface area contributed by atoms with Gasteiger partial charge in [0.05, 0.1) is 0 Å². The Hall–Kier alpha value is -2.64. The lowest BCUT2D eigenvalue weighted by Gasteiger charge is -2.30. The van der Waals surface area contributed by atoms with Gasteiger partial charge in [-0.1, -0.05) is 19.9 Å². The number of alkyl carbamates (subject to hydrolysis) is 1. The molecule has 1 aromatic rings. The first-order valence-corrected chi connectivity index (χ1v) is 8.50. The van der Waals surface area contributed by atoms with Crippen LogP contribution in [-0.4, -0.2) is 45.7 Å². The summed E-state index contributed by atoms with van der Waals surface area (Å²) in [4.78, 5) is 42.2. The van der Waals surface area contributed by atoms with E-state index in [1.165, 1.54) is 11.1 Å². The number of nitrogens with one attached hydrogen (secondary N) is 1. The highest BCUT2D eigenvalue weighted by molar-refractivity contribution is 6.04. The molecule has 1 aliphatic heterocycles. The molecule has 1 aliphatic rings. The van der Waals surface area contributed by atoms with Crippen LogP contribution >= 0.6 is 0 Å². The number of aromatic nitrogens is 1. The van der Waals surface area contributed by atoms with E-state index in [4.69, 9.17) is 4.74 Å². The van der Waals surface area contributed by atoms with Gasteiger partial charge in [-0.2, -0.15) is 0 Å². The van der Waals surface area contributed by atoms with Gasteiger partial charge in [-0.05, 0) is 38.3 Å². The molecule has 0 bridgehead atoms. The average Bonchev–Trinajstić information content (AvgIpc) is 2.89. The van der Waals surface area contributed by atoms with E-state index in [0.29, 0.717) is 11.4 Å². The molecule has 8 heteroatoms. The molecule has 0 aromatic carbocycles. The van der Waals surface area contributed by atoms with E-state index in [1.54, 1.807) is 46.8 Å². The molecule has 1 unspecified atom stereocenters. The van der Waals surface area contributed by atoms with E-state index >= 15 is 0 Å². The van der Waals surface area contributed by atoms with Gasteiger partial charge in [0, 0.05) is 12.6 Å². The molecule has 2 rings (SSSR count). The van der Waals surface area contributed by atoms with E-state index in [1.807, 2.05) is 0 Å². The Balaban J connectivity index is 2.29. The zero-order valence-corrected chi connectivity index (χ0v) is 15.6. The monoisotopic (exact) mass is 363 g/mol. The zero-order chi connectivity index (χ0) is 19.6. The van der Waals surface area contributed by atoms with Crippen molar-refractivity contribution in [1.29, 1.82) is 0 Å². The zero-order valence-electron chi connectivity index (χ0n) is 15.6. The highest BCUT2D eigenvalue weighted by atomic mass is 16.6. The van der Waals surface area contributed by atoms with Crippen molar-refractivity contribution in [3.8, 4) is 0 Å². The number of pyridine rings is 1. The van der Waals surface area contributed by atoms with E-state index in [9.17, 15) is 19.5 Å². The van der Waals surface area contributed by atoms with Crippen molar-refractivity contribution in [2.45, 2.75) is 58.7 Å². The number of nitrogens with zero attached hydrogens (tertiary/aromatic N) is 2. The van der Waals surface area contributed by atoms with Crippen LogP contribution in [0.5, 0.6) is 0 Å². The number of ether oxygens (including phenoxy) is 1. The summed E-state index contributed by atoms with van der Waals surface area (Å²) in [5.74, 6) is -1.58. The van der Waals surface area contributed by atoms with Crippen molar-refractivity contribution in [2.24, 2.45) is 5.92 Å². The van der Waals surface area contributed by atoms with Crippen LogP contribution in [0, 0.1) is 5.92 Å². The fraction of sp³-hybridized carbons (Fsp3) is 0.556. The summed E-state index contributed by atoms with van der Waals surface area (Å²) in [7, 11) is 0. The molecular weight excluding hydrogens is 338 g/mol. The van der Waals surface area contributed by atoms with E-state index in [-0.39, 0.29) is 12.3 Å². The summed E-state index contributed by atoms with van der Waals surface area (Å²) in [6.07, 6.45) is 0.966. The number of carboxylic acids is 1. The second-order valence-corrected chi connectivity index (χ2v) is 7.62. The Labute approximate surface area is 152 Å². The molecule has 26 heavy (non-hydrogen) atoms. The molecule has 0 fully saturated rings. The summed E-state index contributed by atoms with van der Waals surface area (Å²) in [6, 6.07) is 1.47. The van der Waals surface area contributed by atoms with Crippen molar-refractivity contribution in [3.63, 3.8) is 0 Å². The van der Waals surface area contributed by atoms with Crippen molar-refractivity contribution in [2.75, 3.05) is 4.90 Å². The number of amides is 2. The fourth-order valence-electron chi connectivity index (χ4n) is 2.81. The third-order valence-electron chi connectivity index (χ3n) is 3.95. The number of hydrogen-bond donors (Lipinski definition) is 2. The molecule has 2 atom stereocenters. The van der Waals surface area contributed by atoms with Crippen LogP contribution in [0.25, 0.3) is 0 Å². The average molecular weight is 363 g/mol. The van der Waals surface area contributed by atoms with Gasteiger partial charge in [0.15, 0.2) is 0 Å². The molecule has 0 aliphatic carbocycles. The van der Waals surface area contributed by atoms with E-state index in [0.717, 1.165) is 0 Å². The summed E-state index contributed by atoms with van der Waals surface area (Å²) in [5.41, 5.74) is -0.0203. The van der Waals surface area contributed by atoms with Crippen molar-refractivity contribution in [1.82, 2.24) is 10.3 Å². The molecule has 142 valence electrons. The van der Waals surface area contributed by atoms with E-state index < -0.39 is 35.7 Å².